The van der Waals surface area contributed by atoms with Crippen LogP contribution in [0.2, 0.25) is 0 Å². The third kappa shape index (κ3) is 4.10. The van der Waals surface area contributed by atoms with Gasteiger partial charge in [-0.1, -0.05) is 0 Å². The molecule has 6 heteroatoms. The zero-order valence-corrected chi connectivity index (χ0v) is 12.7. The van der Waals surface area contributed by atoms with Crippen molar-refractivity contribution >= 4 is 21.9 Å². The summed E-state index contributed by atoms with van der Waals surface area (Å²) < 4.78 is 3.03. The molecule has 0 radical (unpaired) electrons. The smallest absolute Gasteiger partial charge is 0.303 e. The second-order valence-corrected chi connectivity index (χ2v) is 5.19. The number of aromatic nitrogens is 2. The number of hydrogen-bond donors (Lipinski definition) is 1. The van der Waals surface area contributed by atoms with E-state index < -0.39 is 5.97 Å². The molecule has 0 aromatic carbocycles. The maximum atomic E-state index is 10.5. The highest BCUT2D eigenvalue weighted by Gasteiger charge is 2.13. The van der Waals surface area contributed by atoms with Crippen molar-refractivity contribution < 1.29 is 9.90 Å². The fraction of sp³-hybridized carbons (Fsp3) is 0.667. The van der Waals surface area contributed by atoms with Crippen LogP contribution in [0, 0.1) is 6.92 Å². The molecule has 0 spiro atoms. The van der Waals surface area contributed by atoms with Crippen LogP contribution in [0.5, 0.6) is 0 Å². The van der Waals surface area contributed by atoms with Crippen molar-refractivity contribution in [1.29, 1.82) is 0 Å². The number of aliphatic carboxylic acids is 1. The fourth-order valence-corrected chi connectivity index (χ4v) is 2.26. The molecular weight excluding hydrogens is 298 g/mol. The quantitative estimate of drug-likeness (QED) is 0.838. The maximum Gasteiger partial charge on any atom is 0.303 e. The van der Waals surface area contributed by atoms with Gasteiger partial charge in [-0.3, -0.25) is 9.48 Å². The lowest BCUT2D eigenvalue weighted by Crippen LogP contribution is -2.22. The average Bonchev–Trinajstić information content (AvgIpc) is 2.56. The van der Waals surface area contributed by atoms with Crippen LogP contribution in [0.3, 0.4) is 0 Å². The van der Waals surface area contributed by atoms with Crippen LogP contribution in [0.4, 0.5) is 0 Å². The Kier molecular flexibility index (Phi) is 5.81. The standard InChI is InChI=1S/C12H20BrN3O2/c1-4-16-10(12(13)9(2)14-16)8-15(3)7-5-6-11(17)18/h4-8H2,1-3H3,(H,17,18). The van der Waals surface area contributed by atoms with E-state index in [1.165, 1.54) is 0 Å². The fourth-order valence-electron chi connectivity index (χ4n) is 1.85. The summed E-state index contributed by atoms with van der Waals surface area (Å²) in [6.07, 6.45) is 0.889. The van der Waals surface area contributed by atoms with Crippen LogP contribution < -0.4 is 0 Å². The molecule has 0 bridgehead atoms. The molecule has 5 nitrogen and oxygen atoms in total. The van der Waals surface area contributed by atoms with Crippen molar-refractivity contribution in [2.75, 3.05) is 13.6 Å². The van der Waals surface area contributed by atoms with E-state index in [4.69, 9.17) is 5.11 Å². The molecule has 0 unspecified atom stereocenters. The number of halogens is 1. The van der Waals surface area contributed by atoms with Gasteiger partial charge in [-0.2, -0.15) is 5.10 Å². The molecule has 1 N–H and O–H groups in total. The average molecular weight is 318 g/mol. The summed E-state index contributed by atoms with van der Waals surface area (Å²) in [7, 11) is 2.00. The van der Waals surface area contributed by atoms with Gasteiger partial charge in [-0.15, -0.1) is 0 Å². The molecule has 1 rings (SSSR count). The van der Waals surface area contributed by atoms with Gasteiger partial charge < -0.3 is 10.0 Å². The van der Waals surface area contributed by atoms with E-state index in [1.54, 1.807) is 0 Å². The minimum absolute atomic E-state index is 0.220. The lowest BCUT2D eigenvalue weighted by atomic mass is 10.3. The maximum absolute atomic E-state index is 10.5. The van der Waals surface area contributed by atoms with Crippen LogP contribution in [0.15, 0.2) is 4.47 Å². The Morgan fingerprint density at radius 2 is 2.22 bits per heavy atom. The first kappa shape index (κ1) is 15.2. The predicted octanol–water partition coefficient (Wildman–Crippen LogP) is 2.27. The van der Waals surface area contributed by atoms with Gasteiger partial charge in [0.05, 0.1) is 15.9 Å². The minimum Gasteiger partial charge on any atom is -0.481 e. The second-order valence-electron chi connectivity index (χ2n) is 4.40. The number of carbonyl (C=O) groups is 1. The van der Waals surface area contributed by atoms with E-state index in [9.17, 15) is 4.79 Å². The Bertz CT molecular complexity index is 418. The van der Waals surface area contributed by atoms with E-state index in [1.807, 2.05) is 18.7 Å². The summed E-state index contributed by atoms with van der Waals surface area (Å²) in [5.41, 5.74) is 2.14. The van der Waals surface area contributed by atoms with E-state index in [0.717, 1.165) is 35.5 Å². The van der Waals surface area contributed by atoms with Gasteiger partial charge in [-0.25, -0.2) is 0 Å². The summed E-state index contributed by atoms with van der Waals surface area (Å²) in [5.74, 6) is -0.737. The van der Waals surface area contributed by atoms with E-state index in [-0.39, 0.29) is 6.42 Å². The van der Waals surface area contributed by atoms with E-state index in [2.05, 4.69) is 32.9 Å². The highest BCUT2D eigenvalue weighted by atomic mass is 79.9. The van der Waals surface area contributed by atoms with Gasteiger partial charge in [0.1, 0.15) is 0 Å². The molecule has 0 saturated carbocycles. The summed E-state index contributed by atoms with van der Waals surface area (Å²) >= 11 is 3.56. The molecular formula is C12H20BrN3O2. The Morgan fingerprint density at radius 1 is 1.56 bits per heavy atom. The number of aryl methyl sites for hydroxylation is 2. The molecule has 1 aromatic rings. The highest BCUT2D eigenvalue weighted by Crippen LogP contribution is 2.22. The molecule has 0 fully saturated rings. The van der Waals surface area contributed by atoms with Crippen molar-refractivity contribution in [1.82, 2.24) is 14.7 Å². The van der Waals surface area contributed by atoms with Crippen molar-refractivity contribution in [2.24, 2.45) is 0 Å². The SMILES string of the molecule is CCn1nc(C)c(Br)c1CN(C)CCCC(=O)O. The molecule has 18 heavy (non-hydrogen) atoms. The zero-order chi connectivity index (χ0) is 13.7. The van der Waals surface area contributed by atoms with Gasteiger partial charge in [0.15, 0.2) is 0 Å². The van der Waals surface area contributed by atoms with Gasteiger partial charge in [0, 0.05) is 19.5 Å². The number of hydrogen-bond acceptors (Lipinski definition) is 3. The first-order chi connectivity index (χ1) is 8.45. The summed E-state index contributed by atoms with van der Waals surface area (Å²) in [4.78, 5) is 12.6. The molecule has 0 aliphatic heterocycles. The summed E-state index contributed by atoms with van der Waals surface area (Å²) in [6.45, 7) is 6.42. The Morgan fingerprint density at radius 3 is 2.78 bits per heavy atom. The Hall–Kier alpha value is -0.880. The van der Waals surface area contributed by atoms with Gasteiger partial charge in [0.25, 0.3) is 0 Å². The van der Waals surface area contributed by atoms with Crippen molar-refractivity contribution in [3.05, 3.63) is 15.9 Å². The normalized spacial score (nSPS) is 11.2. The monoisotopic (exact) mass is 317 g/mol. The molecule has 0 aliphatic rings. The molecule has 1 heterocycles. The Balaban J connectivity index is 2.58. The minimum atomic E-state index is -0.737. The largest absolute Gasteiger partial charge is 0.481 e. The van der Waals surface area contributed by atoms with Gasteiger partial charge in [-0.05, 0) is 49.8 Å². The van der Waals surface area contributed by atoms with Crippen LogP contribution in [0.1, 0.15) is 31.2 Å². The van der Waals surface area contributed by atoms with Crippen LogP contribution in [-0.2, 0) is 17.9 Å². The number of nitrogens with zero attached hydrogens (tertiary/aromatic N) is 3. The first-order valence-electron chi connectivity index (χ1n) is 6.07. The van der Waals surface area contributed by atoms with Crippen molar-refractivity contribution in [3.8, 4) is 0 Å². The number of carboxylic acid groups (broad SMARTS) is 1. The first-order valence-corrected chi connectivity index (χ1v) is 6.87. The third-order valence-electron chi connectivity index (χ3n) is 2.80. The molecule has 0 amide bonds. The summed E-state index contributed by atoms with van der Waals surface area (Å²) in [5, 5.41) is 13.0. The Labute approximate surface area is 116 Å². The molecule has 0 atom stereocenters. The zero-order valence-electron chi connectivity index (χ0n) is 11.1. The number of rotatable bonds is 7. The number of carboxylic acids is 1. The molecule has 1 aromatic heterocycles. The third-order valence-corrected chi connectivity index (χ3v) is 3.83. The van der Waals surface area contributed by atoms with Crippen LogP contribution >= 0.6 is 15.9 Å². The predicted molar refractivity (Wildman–Crippen MR) is 73.5 cm³/mol. The molecule has 0 aliphatic carbocycles. The van der Waals surface area contributed by atoms with Crippen LogP contribution in [-0.4, -0.2) is 39.3 Å². The van der Waals surface area contributed by atoms with Crippen molar-refractivity contribution in [2.45, 2.75) is 39.8 Å². The topological polar surface area (TPSA) is 58.4 Å². The van der Waals surface area contributed by atoms with Crippen molar-refractivity contribution in [3.63, 3.8) is 0 Å². The summed E-state index contributed by atoms with van der Waals surface area (Å²) in [6, 6.07) is 0. The van der Waals surface area contributed by atoms with E-state index in [0.29, 0.717) is 6.42 Å². The second kappa shape index (κ2) is 6.89. The molecule has 102 valence electrons. The lowest BCUT2D eigenvalue weighted by molar-refractivity contribution is -0.137. The van der Waals surface area contributed by atoms with E-state index >= 15 is 0 Å². The lowest BCUT2D eigenvalue weighted by Gasteiger charge is -2.17. The van der Waals surface area contributed by atoms with Gasteiger partial charge >= 0.3 is 5.97 Å². The molecule has 0 saturated heterocycles. The van der Waals surface area contributed by atoms with Crippen LogP contribution in [0.25, 0.3) is 0 Å². The van der Waals surface area contributed by atoms with Gasteiger partial charge in [0.2, 0.25) is 0 Å². The highest BCUT2D eigenvalue weighted by molar-refractivity contribution is 9.10.